The van der Waals surface area contributed by atoms with E-state index in [1.807, 2.05) is 0 Å². The molecule has 0 fully saturated rings. The first-order chi connectivity index (χ1) is 9.73. The van der Waals surface area contributed by atoms with Gasteiger partial charge >= 0.3 is 0 Å². The summed E-state index contributed by atoms with van der Waals surface area (Å²) in [6.45, 7) is 0. The standard InChI is InChI=1S/C12H2N6S2/c13-1-7(2-14)9-5-17-11(19-9)12-18-6-10(20-12)8(3-15)4-16/h5-6H/b12-11+. The minimum Gasteiger partial charge on any atom is -0.241 e. The number of nitriles is 4. The summed E-state index contributed by atoms with van der Waals surface area (Å²) in [5.41, 5.74) is -0.0151. The second kappa shape index (κ2) is 5.73. The van der Waals surface area contributed by atoms with Crippen LogP contribution in [-0.4, -0.2) is 9.97 Å². The second-order valence-electron chi connectivity index (χ2n) is 3.26. The summed E-state index contributed by atoms with van der Waals surface area (Å²) < 4.78 is 2.00. The minimum absolute atomic E-state index is 0.00756. The molecule has 0 amide bonds. The third kappa shape index (κ3) is 2.39. The van der Waals surface area contributed by atoms with Crippen LogP contribution in [0, 0.1) is 54.7 Å². The third-order valence-corrected chi connectivity index (χ3v) is 4.31. The maximum absolute atomic E-state index is 8.78. The third-order valence-electron chi connectivity index (χ3n) is 2.13. The van der Waals surface area contributed by atoms with Crippen LogP contribution in [0.2, 0.25) is 0 Å². The molecule has 0 saturated heterocycles. The van der Waals surface area contributed by atoms with Gasteiger partial charge in [0.1, 0.15) is 35.4 Å². The molecule has 0 aliphatic heterocycles. The van der Waals surface area contributed by atoms with E-state index in [9.17, 15) is 0 Å². The molecule has 2 rings (SSSR count). The molecule has 0 unspecified atom stereocenters. The summed E-state index contributed by atoms with van der Waals surface area (Å²) in [5, 5.41) is 35.1. The van der Waals surface area contributed by atoms with E-state index in [0.29, 0.717) is 18.4 Å². The number of thiazole rings is 2. The van der Waals surface area contributed by atoms with Crippen molar-refractivity contribution in [3.05, 3.63) is 30.8 Å². The Labute approximate surface area is 120 Å². The maximum Gasteiger partial charge on any atom is 0.152 e. The topological polar surface area (TPSA) is 121 Å². The zero-order valence-corrected chi connectivity index (χ0v) is 11.3. The van der Waals surface area contributed by atoms with Gasteiger partial charge in [-0.25, -0.2) is 9.97 Å². The Morgan fingerprint density at radius 1 is 0.750 bits per heavy atom. The minimum atomic E-state index is -0.00756. The molecule has 0 N–H and O–H groups in total. The van der Waals surface area contributed by atoms with Gasteiger partial charge in [0.15, 0.2) is 9.33 Å². The quantitative estimate of drug-likeness (QED) is 0.688. The molecule has 0 aliphatic rings. The van der Waals surface area contributed by atoms with E-state index in [0.717, 1.165) is 22.7 Å². The highest BCUT2D eigenvalue weighted by Gasteiger charge is 2.01. The van der Waals surface area contributed by atoms with Crippen LogP contribution >= 0.6 is 22.7 Å². The Bertz CT molecular complexity index is 928. The molecule has 6 nitrogen and oxygen atoms in total. The molecule has 2 heterocycles. The molecule has 8 heteroatoms. The summed E-state index contributed by atoms with van der Waals surface area (Å²) in [4.78, 5) is 8.19. The molecular formula is C12H2N6S2. The number of hydrogen-bond donors (Lipinski definition) is 0. The van der Waals surface area contributed by atoms with Gasteiger partial charge in [-0.15, -0.1) is 22.7 Å². The fraction of sp³-hybridized carbons (Fsp3) is 0. The van der Waals surface area contributed by atoms with Crippen LogP contribution in [0.1, 0.15) is 0 Å². The number of rotatable bonds is 0. The number of aromatic nitrogens is 2. The molecule has 0 saturated carbocycles. The van der Waals surface area contributed by atoms with E-state index < -0.39 is 0 Å². The van der Waals surface area contributed by atoms with E-state index in [2.05, 4.69) is 9.97 Å². The summed E-state index contributed by atoms with van der Waals surface area (Å²) in [6, 6.07) is 7.17. The molecule has 0 radical (unpaired) electrons. The van der Waals surface area contributed by atoms with Crippen LogP contribution in [0.15, 0.2) is 12.4 Å². The van der Waals surface area contributed by atoms with E-state index >= 15 is 0 Å². The Morgan fingerprint density at radius 3 is 1.40 bits per heavy atom. The van der Waals surface area contributed by atoms with Gasteiger partial charge < -0.3 is 0 Å². The average molecular weight is 294 g/mol. The van der Waals surface area contributed by atoms with Crippen LogP contribution in [0.4, 0.5) is 0 Å². The monoisotopic (exact) mass is 294 g/mol. The highest BCUT2D eigenvalue weighted by Crippen LogP contribution is 2.00. The normalized spacial score (nSPS) is 10.6. The average Bonchev–Trinajstić information content (AvgIpc) is 3.11. The van der Waals surface area contributed by atoms with E-state index in [1.165, 1.54) is 12.4 Å². The Kier molecular flexibility index (Phi) is 3.84. The first-order valence-electron chi connectivity index (χ1n) is 5.00. The van der Waals surface area contributed by atoms with Crippen molar-refractivity contribution in [3.8, 4) is 24.3 Å². The Balaban J connectivity index is 2.84. The molecule has 0 aliphatic carbocycles. The van der Waals surface area contributed by atoms with Gasteiger partial charge in [-0.3, -0.25) is 0 Å². The van der Waals surface area contributed by atoms with Gasteiger partial charge in [0.2, 0.25) is 0 Å². The summed E-state index contributed by atoms with van der Waals surface area (Å²) in [6.07, 6.45) is 2.87. The fourth-order valence-electron chi connectivity index (χ4n) is 1.25. The van der Waals surface area contributed by atoms with Crippen LogP contribution < -0.4 is 9.06 Å². The molecule has 2 aromatic heterocycles. The first kappa shape index (κ1) is 13.4. The predicted molar refractivity (Wildman–Crippen MR) is 70.4 cm³/mol. The van der Waals surface area contributed by atoms with Crippen LogP contribution in [0.5, 0.6) is 0 Å². The highest BCUT2D eigenvalue weighted by molar-refractivity contribution is 7.11. The molecule has 0 bridgehead atoms. The lowest BCUT2D eigenvalue weighted by Crippen LogP contribution is -1.94. The van der Waals surface area contributed by atoms with E-state index in [-0.39, 0.29) is 11.1 Å². The fourth-order valence-corrected chi connectivity index (χ4v) is 3.00. The zero-order valence-electron chi connectivity index (χ0n) is 9.65. The van der Waals surface area contributed by atoms with Crippen molar-refractivity contribution < 1.29 is 0 Å². The molecular weight excluding hydrogens is 292 g/mol. The lowest BCUT2D eigenvalue weighted by Gasteiger charge is -1.73. The van der Waals surface area contributed by atoms with Gasteiger partial charge in [0.25, 0.3) is 0 Å². The lowest BCUT2D eigenvalue weighted by molar-refractivity contribution is 1.26. The van der Waals surface area contributed by atoms with Crippen molar-refractivity contribution in [2.75, 3.05) is 0 Å². The lowest BCUT2D eigenvalue weighted by atomic mass is 10.3. The molecule has 0 aromatic carbocycles. The van der Waals surface area contributed by atoms with Gasteiger partial charge in [0.05, 0.1) is 9.06 Å². The predicted octanol–water partition coefficient (Wildman–Crippen LogP) is 0.282. The second-order valence-corrected chi connectivity index (χ2v) is 5.32. The molecule has 0 spiro atoms. The van der Waals surface area contributed by atoms with Crippen molar-refractivity contribution in [1.29, 1.82) is 21.0 Å². The maximum atomic E-state index is 8.78. The summed E-state index contributed by atoms with van der Waals surface area (Å²) in [7, 11) is 0. The van der Waals surface area contributed by atoms with Crippen LogP contribution in [-0.2, 0) is 0 Å². The molecule has 20 heavy (non-hydrogen) atoms. The Hall–Kier alpha value is -3.04. The largest absolute Gasteiger partial charge is 0.241 e. The highest BCUT2D eigenvalue weighted by atomic mass is 32.1. The van der Waals surface area contributed by atoms with Crippen molar-refractivity contribution >= 4 is 33.8 Å². The van der Waals surface area contributed by atoms with Gasteiger partial charge in [-0.1, -0.05) is 0 Å². The van der Waals surface area contributed by atoms with Gasteiger partial charge in [-0.2, -0.15) is 21.0 Å². The number of hydrogen-bond acceptors (Lipinski definition) is 8. The van der Waals surface area contributed by atoms with Crippen LogP contribution in [0.25, 0.3) is 11.1 Å². The molecule has 92 valence electrons. The molecule has 2 aromatic rings. The van der Waals surface area contributed by atoms with E-state index in [1.54, 1.807) is 24.3 Å². The zero-order chi connectivity index (χ0) is 14.5. The molecule has 0 atom stereocenters. The Morgan fingerprint density at radius 2 is 1.10 bits per heavy atom. The summed E-state index contributed by atoms with van der Waals surface area (Å²) >= 11 is 2.33. The van der Waals surface area contributed by atoms with Crippen LogP contribution in [0.3, 0.4) is 0 Å². The van der Waals surface area contributed by atoms with Crippen molar-refractivity contribution in [3.63, 3.8) is 0 Å². The van der Waals surface area contributed by atoms with E-state index in [4.69, 9.17) is 21.0 Å². The van der Waals surface area contributed by atoms with Crippen molar-refractivity contribution in [2.45, 2.75) is 0 Å². The smallest absolute Gasteiger partial charge is 0.152 e. The van der Waals surface area contributed by atoms with Crippen molar-refractivity contribution in [2.24, 2.45) is 0 Å². The number of nitrogens with zero attached hydrogens (tertiary/aromatic N) is 6. The van der Waals surface area contributed by atoms with Crippen molar-refractivity contribution in [1.82, 2.24) is 9.97 Å². The van der Waals surface area contributed by atoms with Gasteiger partial charge in [-0.05, 0) is 0 Å². The SMILES string of the molecule is N#CC(C#N)=c1cn/c(=c2/ncc(=C(C#N)C#N)s2)s1. The first-order valence-corrected chi connectivity index (χ1v) is 6.63. The van der Waals surface area contributed by atoms with Gasteiger partial charge in [0, 0.05) is 12.4 Å². The summed E-state index contributed by atoms with van der Waals surface area (Å²) in [5.74, 6) is 0.